The van der Waals surface area contributed by atoms with Crippen molar-refractivity contribution < 1.29 is 32.6 Å². The summed E-state index contributed by atoms with van der Waals surface area (Å²) in [5.41, 5.74) is 4.58. The maximum atomic E-state index is 14.4. The Labute approximate surface area is 241 Å². The molecule has 0 aromatic heterocycles. The Morgan fingerprint density at radius 3 is 2.45 bits per heavy atom. The maximum Gasteiger partial charge on any atom is 0.326 e. The first-order chi connectivity index (χ1) is 20.2. The molecule has 6 nitrogen and oxygen atoms in total. The van der Waals surface area contributed by atoms with Crippen LogP contribution in [0, 0.1) is 12.7 Å². The first kappa shape index (κ1) is 29.1. The second-order valence-electron chi connectivity index (χ2n) is 10.5. The SMILES string of the molecule is COc1cc2c(cc1-c1cccc3c(C[C@H](NC(=O)c4c(C)cccc4F)C(=O)O)cccc13)CN(CC(F)F)CC2. The Balaban J connectivity index is 1.50. The first-order valence-electron chi connectivity index (χ1n) is 13.7. The van der Waals surface area contributed by atoms with Crippen LogP contribution < -0.4 is 10.1 Å². The van der Waals surface area contributed by atoms with E-state index in [2.05, 4.69) is 5.32 Å². The fourth-order valence-corrected chi connectivity index (χ4v) is 5.73. The van der Waals surface area contributed by atoms with Crippen LogP contribution in [0.25, 0.3) is 21.9 Å². The van der Waals surface area contributed by atoms with Crippen molar-refractivity contribution in [3.8, 4) is 16.9 Å². The van der Waals surface area contributed by atoms with Gasteiger partial charge in [-0.15, -0.1) is 0 Å². The summed E-state index contributed by atoms with van der Waals surface area (Å²) in [7, 11) is 1.59. The number of nitrogens with zero attached hydrogens (tertiary/aromatic N) is 1. The van der Waals surface area contributed by atoms with Gasteiger partial charge in [0.05, 0.1) is 19.2 Å². The molecule has 1 aliphatic heterocycles. The molecule has 0 bridgehead atoms. The lowest BCUT2D eigenvalue weighted by Crippen LogP contribution is -2.42. The van der Waals surface area contributed by atoms with Gasteiger partial charge in [0.25, 0.3) is 12.3 Å². The number of carboxylic acids is 1. The maximum absolute atomic E-state index is 14.4. The molecule has 4 aromatic carbocycles. The lowest BCUT2D eigenvalue weighted by atomic mass is 9.89. The summed E-state index contributed by atoms with van der Waals surface area (Å²) < 4.78 is 46.3. The van der Waals surface area contributed by atoms with E-state index in [4.69, 9.17) is 4.74 Å². The number of aliphatic carboxylic acids is 1. The molecule has 218 valence electrons. The van der Waals surface area contributed by atoms with Crippen molar-refractivity contribution in [2.24, 2.45) is 0 Å². The number of aryl methyl sites for hydroxylation is 1. The molecule has 0 spiro atoms. The second kappa shape index (κ2) is 12.2. The largest absolute Gasteiger partial charge is 0.496 e. The fraction of sp³-hybridized carbons (Fsp3) is 0.273. The van der Waals surface area contributed by atoms with Crippen LogP contribution in [0.2, 0.25) is 0 Å². The summed E-state index contributed by atoms with van der Waals surface area (Å²) in [6, 6.07) is 18.1. The average Bonchev–Trinajstić information content (AvgIpc) is 2.95. The van der Waals surface area contributed by atoms with E-state index >= 15 is 0 Å². The summed E-state index contributed by atoms with van der Waals surface area (Å²) >= 11 is 0. The van der Waals surface area contributed by atoms with Crippen LogP contribution in [0.3, 0.4) is 0 Å². The van der Waals surface area contributed by atoms with E-state index in [0.29, 0.717) is 36.4 Å². The van der Waals surface area contributed by atoms with Crippen molar-refractivity contribution in [3.05, 3.63) is 100 Å². The van der Waals surface area contributed by atoms with Crippen LogP contribution in [0.15, 0.2) is 66.7 Å². The van der Waals surface area contributed by atoms with Gasteiger partial charge in [-0.05, 0) is 70.1 Å². The number of alkyl halides is 2. The van der Waals surface area contributed by atoms with Crippen LogP contribution in [0.1, 0.15) is 32.6 Å². The Kier molecular flexibility index (Phi) is 8.49. The minimum atomic E-state index is -2.41. The highest BCUT2D eigenvalue weighted by Gasteiger charge is 2.26. The molecule has 1 amide bonds. The van der Waals surface area contributed by atoms with Gasteiger partial charge in [-0.25, -0.2) is 18.0 Å². The number of rotatable bonds is 9. The monoisotopic (exact) mass is 576 g/mol. The van der Waals surface area contributed by atoms with Crippen LogP contribution in [0.4, 0.5) is 13.2 Å². The second-order valence-corrected chi connectivity index (χ2v) is 10.5. The fourth-order valence-electron chi connectivity index (χ4n) is 5.73. The van der Waals surface area contributed by atoms with Crippen molar-refractivity contribution >= 4 is 22.6 Å². The Hall–Kier alpha value is -4.37. The van der Waals surface area contributed by atoms with Crippen molar-refractivity contribution in [3.63, 3.8) is 0 Å². The molecule has 0 unspecified atom stereocenters. The molecule has 0 fully saturated rings. The zero-order valence-electron chi connectivity index (χ0n) is 23.3. The number of benzene rings is 4. The molecule has 0 saturated heterocycles. The molecule has 9 heteroatoms. The van der Waals surface area contributed by atoms with Gasteiger partial charge < -0.3 is 15.2 Å². The van der Waals surface area contributed by atoms with Crippen molar-refractivity contribution in [2.45, 2.75) is 38.8 Å². The lowest BCUT2D eigenvalue weighted by Gasteiger charge is -2.29. The quantitative estimate of drug-likeness (QED) is 0.255. The van der Waals surface area contributed by atoms with E-state index in [1.165, 1.54) is 6.07 Å². The van der Waals surface area contributed by atoms with Crippen molar-refractivity contribution in [1.82, 2.24) is 10.2 Å². The summed E-state index contributed by atoms with van der Waals surface area (Å²) in [4.78, 5) is 26.8. The number of carbonyl (C=O) groups excluding carboxylic acids is 1. The molecular weight excluding hydrogens is 545 g/mol. The molecule has 1 aliphatic rings. The topological polar surface area (TPSA) is 78.9 Å². The number of ether oxygens (including phenoxy) is 1. The van der Waals surface area contributed by atoms with Crippen LogP contribution in [-0.4, -0.2) is 54.5 Å². The van der Waals surface area contributed by atoms with Crippen molar-refractivity contribution in [1.29, 1.82) is 0 Å². The Morgan fingerprint density at radius 1 is 1.00 bits per heavy atom. The lowest BCUT2D eigenvalue weighted by molar-refractivity contribution is -0.139. The number of fused-ring (bicyclic) bond motifs is 2. The summed E-state index contributed by atoms with van der Waals surface area (Å²) in [6.45, 7) is 2.27. The summed E-state index contributed by atoms with van der Waals surface area (Å²) in [5, 5.41) is 14.1. The number of carbonyl (C=O) groups is 2. The van der Waals surface area contributed by atoms with Crippen LogP contribution in [-0.2, 0) is 24.2 Å². The average molecular weight is 577 g/mol. The van der Waals surface area contributed by atoms with Gasteiger partial charge in [-0.2, -0.15) is 0 Å². The molecular formula is C33H31F3N2O4. The number of methoxy groups -OCH3 is 1. The van der Waals surface area contributed by atoms with Gasteiger partial charge in [0.2, 0.25) is 0 Å². The molecule has 0 saturated carbocycles. The molecule has 42 heavy (non-hydrogen) atoms. The van der Waals surface area contributed by atoms with Crippen molar-refractivity contribution in [2.75, 3.05) is 20.2 Å². The predicted octanol–water partition coefficient (Wildman–Crippen LogP) is 6.01. The number of carboxylic acid groups (broad SMARTS) is 1. The molecule has 0 radical (unpaired) electrons. The Bertz CT molecular complexity index is 1640. The van der Waals surface area contributed by atoms with E-state index < -0.39 is 30.2 Å². The summed E-state index contributed by atoms with van der Waals surface area (Å²) in [6.07, 6.45) is -1.79. The van der Waals surface area contributed by atoms with E-state index in [1.807, 2.05) is 42.5 Å². The molecule has 1 atom stereocenters. The first-order valence-corrected chi connectivity index (χ1v) is 13.7. The highest BCUT2D eigenvalue weighted by atomic mass is 19.3. The van der Waals surface area contributed by atoms with Crippen LogP contribution in [0.5, 0.6) is 5.75 Å². The third kappa shape index (κ3) is 5.97. The highest BCUT2D eigenvalue weighted by Crippen LogP contribution is 2.39. The molecule has 2 N–H and O–H groups in total. The van der Waals surface area contributed by atoms with E-state index in [1.54, 1.807) is 31.1 Å². The van der Waals surface area contributed by atoms with Crippen LogP contribution >= 0.6 is 0 Å². The third-order valence-corrected chi connectivity index (χ3v) is 7.79. The normalized spacial score (nSPS) is 14.0. The molecule has 0 aliphatic carbocycles. The van der Waals surface area contributed by atoms with Gasteiger partial charge >= 0.3 is 5.97 Å². The molecule has 4 aromatic rings. The van der Waals surface area contributed by atoms with Gasteiger partial charge in [0.15, 0.2) is 0 Å². The number of nitrogens with one attached hydrogen (secondary N) is 1. The zero-order chi connectivity index (χ0) is 30.0. The van der Waals surface area contributed by atoms with Gasteiger partial charge in [-0.3, -0.25) is 9.69 Å². The zero-order valence-corrected chi connectivity index (χ0v) is 23.3. The van der Waals surface area contributed by atoms with Gasteiger partial charge in [0.1, 0.15) is 17.6 Å². The van der Waals surface area contributed by atoms with E-state index in [0.717, 1.165) is 39.1 Å². The predicted molar refractivity (Wildman–Crippen MR) is 155 cm³/mol. The molecule has 5 rings (SSSR count). The Morgan fingerprint density at radius 2 is 1.74 bits per heavy atom. The third-order valence-electron chi connectivity index (χ3n) is 7.79. The minimum absolute atomic E-state index is 0.0285. The van der Waals surface area contributed by atoms with E-state index in [9.17, 15) is 27.9 Å². The van der Waals surface area contributed by atoms with Gasteiger partial charge in [0, 0.05) is 25.1 Å². The minimum Gasteiger partial charge on any atom is -0.496 e. The number of hydrogen-bond acceptors (Lipinski definition) is 4. The molecule has 1 heterocycles. The smallest absolute Gasteiger partial charge is 0.326 e. The standard InChI is InChI=1S/C33H31F3N2O4/c1-19-6-3-11-27(34)31(19)32(39)37-28(33(40)41)15-21-7-4-9-24-23(21)8-5-10-25(24)26-14-22-17-38(18-30(35)36)13-12-20(22)16-29(26)42-2/h3-11,14,16,28,30H,12-13,15,17-18H2,1-2H3,(H,37,39)(H,40,41)/t28-/m0/s1. The summed E-state index contributed by atoms with van der Waals surface area (Å²) in [5.74, 6) is -2.10. The highest BCUT2D eigenvalue weighted by molar-refractivity contribution is 6.01. The number of amides is 1. The van der Waals surface area contributed by atoms with Gasteiger partial charge in [-0.1, -0.05) is 48.5 Å². The number of halogens is 3. The number of hydrogen-bond donors (Lipinski definition) is 2. The van der Waals surface area contributed by atoms with E-state index in [-0.39, 0.29) is 18.5 Å².